The summed E-state index contributed by atoms with van der Waals surface area (Å²) in [5.74, 6) is -2.22. The van der Waals surface area contributed by atoms with Gasteiger partial charge in [0.25, 0.3) is 0 Å². The lowest BCUT2D eigenvalue weighted by Crippen LogP contribution is -2.59. The maximum atomic E-state index is 12.4. The van der Waals surface area contributed by atoms with Gasteiger partial charge < -0.3 is 11.5 Å². The van der Waals surface area contributed by atoms with Crippen LogP contribution in [0.3, 0.4) is 0 Å². The minimum atomic E-state index is -4.65. The van der Waals surface area contributed by atoms with Crippen molar-refractivity contribution >= 4 is 23.0 Å². The van der Waals surface area contributed by atoms with Gasteiger partial charge in [-0.15, -0.1) is 11.3 Å². The molecule has 4 N–H and O–H groups in total. The van der Waals surface area contributed by atoms with Crippen molar-refractivity contribution < 1.29 is 22.8 Å². The Morgan fingerprint density at radius 1 is 1.40 bits per heavy atom. The Morgan fingerprint density at radius 3 is 2.30 bits per heavy atom. The minimum absolute atomic E-state index is 0.0694. The molecule has 1 aromatic rings. The highest BCUT2D eigenvalue weighted by molar-refractivity contribution is 7.10. The summed E-state index contributed by atoms with van der Waals surface area (Å²) in [4.78, 5) is 26.7. The van der Waals surface area contributed by atoms with E-state index in [2.05, 4.69) is 4.98 Å². The molecule has 0 saturated carbocycles. The normalized spacial score (nSPS) is 15.2. The molecule has 0 bridgehead atoms. The van der Waals surface area contributed by atoms with Crippen LogP contribution in [0.1, 0.15) is 35.8 Å². The Bertz CT molecular complexity index is 527. The second-order valence-electron chi connectivity index (χ2n) is 4.80. The van der Waals surface area contributed by atoms with E-state index in [1.807, 2.05) is 0 Å². The zero-order valence-electron chi connectivity index (χ0n) is 10.8. The van der Waals surface area contributed by atoms with Crippen LogP contribution in [0.4, 0.5) is 13.2 Å². The number of rotatable bonds is 5. The van der Waals surface area contributed by atoms with Crippen LogP contribution in [0.15, 0.2) is 5.38 Å². The van der Waals surface area contributed by atoms with Crippen molar-refractivity contribution in [1.82, 2.24) is 4.98 Å². The summed E-state index contributed by atoms with van der Waals surface area (Å²) in [5, 5.41) is -0.243. The second-order valence-corrected chi connectivity index (χ2v) is 5.66. The summed E-state index contributed by atoms with van der Waals surface area (Å²) < 4.78 is 37.3. The van der Waals surface area contributed by atoms with Gasteiger partial charge in [-0.1, -0.05) is 13.8 Å². The predicted molar refractivity (Wildman–Crippen MR) is 67.0 cm³/mol. The molecule has 0 aliphatic heterocycles. The Balaban J connectivity index is 3.14. The van der Waals surface area contributed by atoms with Crippen LogP contribution in [-0.4, -0.2) is 22.2 Å². The van der Waals surface area contributed by atoms with Gasteiger partial charge in [-0.3, -0.25) is 9.59 Å². The molecule has 0 aliphatic rings. The van der Waals surface area contributed by atoms with Crippen LogP contribution in [0.25, 0.3) is 0 Å². The highest BCUT2D eigenvalue weighted by Gasteiger charge is 2.43. The lowest BCUT2D eigenvalue weighted by molar-refractivity contribution is -0.137. The fourth-order valence-corrected chi connectivity index (χ4v) is 2.35. The average Bonchev–Trinajstić information content (AvgIpc) is 2.75. The number of Topliss-reactive ketones (excluding diaryl/α,β-unsaturated/α-hetero) is 1. The van der Waals surface area contributed by atoms with Crippen LogP contribution in [0.2, 0.25) is 0 Å². The zero-order chi connectivity index (χ0) is 15.7. The molecule has 0 radical (unpaired) electrons. The third kappa shape index (κ3) is 3.34. The molecular formula is C11H14F3N3O2S. The number of amides is 1. The van der Waals surface area contributed by atoms with Crippen LogP contribution in [0.5, 0.6) is 0 Å². The van der Waals surface area contributed by atoms with Gasteiger partial charge in [-0.25, -0.2) is 4.98 Å². The third-order valence-electron chi connectivity index (χ3n) is 2.55. The SMILES string of the molecule is CC(C)C[C@](N)(C(N)=O)C(=O)c1csc(C(F)(F)F)n1. The molecule has 9 heteroatoms. The number of alkyl halides is 3. The van der Waals surface area contributed by atoms with Crippen molar-refractivity contribution in [3.8, 4) is 0 Å². The summed E-state index contributed by atoms with van der Waals surface area (Å²) in [6.45, 7) is 3.42. The number of carbonyl (C=O) groups excluding carboxylic acids is 2. The summed E-state index contributed by atoms with van der Waals surface area (Å²) >= 11 is 0.267. The van der Waals surface area contributed by atoms with Crippen LogP contribution >= 0.6 is 11.3 Å². The molecule has 112 valence electrons. The fraction of sp³-hybridized carbons (Fsp3) is 0.545. The first-order valence-corrected chi connectivity index (χ1v) is 6.52. The molecule has 1 aromatic heterocycles. The number of aromatic nitrogens is 1. The lowest BCUT2D eigenvalue weighted by Gasteiger charge is -2.25. The monoisotopic (exact) mass is 309 g/mol. The van der Waals surface area contributed by atoms with Gasteiger partial charge in [0.15, 0.2) is 10.5 Å². The Kier molecular flexibility index (Phi) is 4.55. The molecule has 1 amide bonds. The number of nitrogens with two attached hydrogens (primary N) is 2. The van der Waals surface area contributed by atoms with E-state index >= 15 is 0 Å². The van der Waals surface area contributed by atoms with Gasteiger partial charge in [-0.2, -0.15) is 13.2 Å². The lowest BCUT2D eigenvalue weighted by atomic mass is 9.84. The van der Waals surface area contributed by atoms with Crippen molar-refractivity contribution in [3.05, 3.63) is 16.1 Å². The number of primary amides is 1. The molecule has 1 rings (SSSR count). The molecule has 0 saturated heterocycles. The molecule has 0 aromatic carbocycles. The molecule has 0 unspecified atom stereocenters. The third-order valence-corrected chi connectivity index (χ3v) is 3.44. The van der Waals surface area contributed by atoms with Crippen LogP contribution < -0.4 is 11.5 Å². The average molecular weight is 309 g/mol. The first-order chi connectivity index (χ1) is 8.98. The van der Waals surface area contributed by atoms with Crippen molar-refractivity contribution in [2.24, 2.45) is 17.4 Å². The number of thiazole rings is 1. The summed E-state index contributed by atoms with van der Waals surface area (Å²) in [6, 6.07) is 0. The fourth-order valence-electron chi connectivity index (χ4n) is 1.69. The van der Waals surface area contributed by atoms with E-state index in [9.17, 15) is 22.8 Å². The largest absolute Gasteiger partial charge is 0.443 e. The zero-order valence-corrected chi connectivity index (χ0v) is 11.6. The van der Waals surface area contributed by atoms with E-state index in [1.165, 1.54) is 0 Å². The molecule has 1 heterocycles. The van der Waals surface area contributed by atoms with Crippen LogP contribution in [0, 0.1) is 5.92 Å². The Labute approximate surface area is 117 Å². The minimum Gasteiger partial charge on any atom is -0.368 e. The smallest absolute Gasteiger partial charge is 0.368 e. The number of halogens is 3. The number of nitrogens with zero attached hydrogens (tertiary/aromatic N) is 1. The first kappa shape index (κ1) is 16.6. The number of carbonyl (C=O) groups is 2. The van der Waals surface area contributed by atoms with Crippen molar-refractivity contribution in [2.75, 3.05) is 0 Å². The Morgan fingerprint density at radius 2 is 1.95 bits per heavy atom. The summed E-state index contributed by atoms with van der Waals surface area (Å²) in [6.07, 6.45) is -4.72. The summed E-state index contributed by atoms with van der Waals surface area (Å²) in [5.41, 5.74) is 8.27. The van der Waals surface area contributed by atoms with Crippen molar-refractivity contribution in [3.63, 3.8) is 0 Å². The maximum Gasteiger partial charge on any atom is 0.443 e. The molecule has 0 fully saturated rings. The topological polar surface area (TPSA) is 99.1 Å². The van der Waals surface area contributed by atoms with Gasteiger partial charge in [0.1, 0.15) is 5.69 Å². The number of hydrogen-bond donors (Lipinski definition) is 2. The molecule has 20 heavy (non-hydrogen) atoms. The van der Waals surface area contributed by atoms with Gasteiger partial charge in [-0.05, 0) is 12.3 Å². The highest BCUT2D eigenvalue weighted by Crippen LogP contribution is 2.32. The van der Waals surface area contributed by atoms with E-state index in [4.69, 9.17) is 11.5 Å². The van der Waals surface area contributed by atoms with E-state index < -0.39 is 34.1 Å². The molecule has 5 nitrogen and oxygen atoms in total. The maximum absolute atomic E-state index is 12.4. The van der Waals surface area contributed by atoms with Gasteiger partial charge in [0, 0.05) is 5.38 Å². The second kappa shape index (κ2) is 5.49. The van der Waals surface area contributed by atoms with Crippen molar-refractivity contribution in [1.29, 1.82) is 0 Å². The molecule has 0 aliphatic carbocycles. The number of hydrogen-bond acceptors (Lipinski definition) is 5. The van der Waals surface area contributed by atoms with Crippen molar-refractivity contribution in [2.45, 2.75) is 32.0 Å². The van der Waals surface area contributed by atoms with Crippen LogP contribution in [-0.2, 0) is 11.0 Å². The van der Waals surface area contributed by atoms with Gasteiger partial charge in [0.2, 0.25) is 11.7 Å². The van der Waals surface area contributed by atoms with E-state index in [0.29, 0.717) is 0 Å². The van der Waals surface area contributed by atoms with Gasteiger partial charge in [0.05, 0.1) is 0 Å². The van der Waals surface area contributed by atoms with E-state index in [1.54, 1.807) is 13.8 Å². The number of ketones is 1. The Hall–Kier alpha value is -1.48. The summed E-state index contributed by atoms with van der Waals surface area (Å²) in [7, 11) is 0. The quantitative estimate of drug-likeness (QED) is 0.637. The molecular weight excluding hydrogens is 295 g/mol. The van der Waals surface area contributed by atoms with E-state index in [0.717, 1.165) is 5.38 Å². The standard InChI is InChI=1S/C11H14F3N3O2S/c1-5(2)3-10(16,8(15)19)7(18)6-4-20-9(17-6)11(12,13)14/h4-5H,3,16H2,1-2H3,(H2,15,19)/t10-/m1/s1. The van der Waals surface area contributed by atoms with Gasteiger partial charge >= 0.3 is 6.18 Å². The predicted octanol–water partition coefficient (Wildman–Crippen LogP) is 1.57. The first-order valence-electron chi connectivity index (χ1n) is 5.64. The van der Waals surface area contributed by atoms with E-state index in [-0.39, 0.29) is 23.7 Å². The molecule has 0 spiro atoms. The molecule has 1 atom stereocenters. The highest BCUT2D eigenvalue weighted by atomic mass is 32.1.